The molecular formula is C16H25N3O3S. The molecule has 6 nitrogen and oxygen atoms in total. The van der Waals surface area contributed by atoms with Gasteiger partial charge in [0.25, 0.3) is 5.91 Å². The van der Waals surface area contributed by atoms with Crippen molar-refractivity contribution in [1.29, 1.82) is 0 Å². The third-order valence-electron chi connectivity index (χ3n) is 3.55. The van der Waals surface area contributed by atoms with Gasteiger partial charge in [0.15, 0.2) is 11.8 Å². The highest BCUT2D eigenvalue weighted by Gasteiger charge is 2.13. The lowest BCUT2D eigenvalue weighted by Crippen LogP contribution is -2.35. The Morgan fingerprint density at radius 3 is 2.39 bits per heavy atom. The van der Waals surface area contributed by atoms with E-state index in [9.17, 15) is 9.59 Å². The van der Waals surface area contributed by atoms with Gasteiger partial charge in [-0.2, -0.15) is 0 Å². The van der Waals surface area contributed by atoms with Crippen LogP contribution >= 0.6 is 11.8 Å². The molecule has 0 spiro atoms. The average molecular weight is 339 g/mol. The number of hydrogen-bond donors (Lipinski definition) is 1. The van der Waals surface area contributed by atoms with Crippen LogP contribution in [0, 0.1) is 13.8 Å². The molecule has 1 N–H and O–H groups in total. The maximum absolute atomic E-state index is 11.8. The molecule has 7 heteroatoms. The lowest BCUT2D eigenvalue weighted by atomic mass is 10.1. The first kappa shape index (κ1) is 19.4. The average Bonchev–Trinajstić information content (AvgIpc) is 2.51. The third-order valence-corrected chi connectivity index (χ3v) is 4.09. The normalized spacial score (nSPS) is 11.9. The Morgan fingerprint density at radius 2 is 1.87 bits per heavy atom. The van der Waals surface area contributed by atoms with Gasteiger partial charge in [-0.05, 0) is 45.4 Å². The number of amides is 1. The quantitative estimate of drug-likeness (QED) is 0.444. The van der Waals surface area contributed by atoms with E-state index in [4.69, 9.17) is 4.74 Å². The molecule has 0 aliphatic rings. The molecule has 0 aliphatic heterocycles. The number of nitrogens with one attached hydrogen (secondary N) is 1. The second-order valence-corrected chi connectivity index (χ2v) is 6.17. The van der Waals surface area contributed by atoms with Crippen LogP contribution in [0.1, 0.15) is 43.6 Å². The minimum Gasteiger partial charge on any atom is -0.456 e. The molecule has 23 heavy (non-hydrogen) atoms. The van der Waals surface area contributed by atoms with E-state index in [0.29, 0.717) is 6.42 Å². The van der Waals surface area contributed by atoms with E-state index in [1.54, 1.807) is 0 Å². The zero-order valence-corrected chi connectivity index (χ0v) is 15.2. The van der Waals surface area contributed by atoms with Crippen LogP contribution in [0.2, 0.25) is 0 Å². The summed E-state index contributed by atoms with van der Waals surface area (Å²) in [5.74, 6) is -0.662. The molecular weight excluding hydrogens is 314 g/mol. The minimum atomic E-state index is -0.392. The predicted molar refractivity (Wildman–Crippen MR) is 90.5 cm³/mol. The van der Waals surface area contributed by atoms with E-state index >= 15 is 0 Å². The summed E-state index contributed by atoms with van der Waals surface area (Å²) >= 11 is 1.49. The zero-order chi connectivity index (χ0) is 17.4. The van der Waals surface area contributed by atoms with Crippen molar-refractivity contribution in [2.75, 3.05) is 12.9 Å². The van der Waals surface area contributed by atoms with Gasteiger partial charge in [-0.1, -0.05) is 18.7 Å². The van der Waals surface area contributed by atoms with Crippen LogP contribution in [-0.2, 0) is 20.7 Å². The first-order valence-electron chi connectivity index (χ1n) is 7.70. The lowest BCUT2D eigenvalue weighted by Gasteiger charge is -2.12. The number of aryl methyl sites for hydroxylation is 2. The van der Waals surface area contributed by atoms with Crippen molar-refractivity contribution in [3.63, 3.8) is 0 Å². The van der Waals surface area contributed by atoms with Gasteiger partial charge >= 0.3 is 5.97 Å². The predicted octanol–water partition coefficient (Wildman–Crippen LogP) is 2.21. The molecule has 1 amide bonds. The van der Waals surface area contributed by atoms with Crippen molar-refractivity contribution in [1.82, 2.24) is 15.3 Å². The minimum absolute atomic E-state index is 0.0820. The van der Waals surface area contributed by atoms with E-state index in [0.717, 1.165) is 28.5 Å². The molecule has 0 aliphatic carbocycles. The Morgan fingerprint density at radius 1 is 1.26 bits per heavy atom. The Labute approximate surface area is 141 Å². The molecule has 0 bridgehead atoms. The number of esters is 1. The van der Waals surface area contributed by atoms with Gasteiger partial charge in [0, 0.05) is 23.9 Å². The molecule has 0 saturated heterocycles. The topological polar surface area (TPSA) is 81.2 Å². The van der Waals surface area contributed by atoms with E-state index in [1.807, 2.05) is 34.0 Å². The first-order valence-corrected chi connectivity index (χ1v) is 8.92. The molecule has 1 rings (SSSR count). The molecule has 1 aromatic rings. The Balaban J connectivity index is 2.46. The monoisotopic (exact) mass is 339 g/mol. The standard InChI is InChI=1S/C16H25N3O3S/c1-6-10(2)17-14(20)9-22-15(21)8-7-13-11(3)18-16(23-5)19-12(13)4/h10H,6-9H2,1-5H3,(H,17,20)/t10-/m0/s1. The van der Waals surface area contributed by atoms with Crippen LogP contribution in [0.5, 0.6) is 0 Å². The van der Waals surface area contributed by atoms with Crippen LogP contribution in [0.15, 0.2) is 5.16 Å². The maximum Gasteiger partial charge on any atom is 0.306 e. The van der Waals surface area contributed by atoms with E-state index in [1.165, 1.54) is 11.8 Å². The molecule has 0 saturated carbocycles. The van der Waals surface area contributed by atoms with Crippen molar-refractivity contribution in [2.24, 2.45) is 0 Å². The van der Waals surface area contributed by atoms with Crippen molar-refractivity contribution < 1.29 is 14.3 Å². The van der Waals surface area contributed by atoms with Crippen LogP contribution in [0.4, 0.5) is 0 Å². The second kappa shape index (κ2) is 9.50. The fourth-order valence-corrected chi connectivity index (χ4v) is 2.48. The number of rotatable bonds is 8. The van der Waals surface area contributed by atoms with Crippen LogP contribution in [-0.4, -0.2) is 40.7 Å². The Hall–Kier alpha value is -1.63. The number of thioether (sulfide) groups is 1. The molecule has 0 radical (unpaired) electrons. The number of carbonyl (C=O) groups is 2. The maximum atomic E-state index is 11.8. The summed E-state index contributed by atoms with van der Waals surface area (Å²) in [5.41, 5.74) is 2.72. The van der Waals surface area contributed by atoms with E-state index in [2.05, 4.69) is 15.3 Å². The molecule has 128 valence electrons. The van der Waals surface area contributed by atoms with Crippen LogP contribution in [0.3, 0.4) is 0 Å². The van der Waals surface area contributed by atoms with Crippen molar-refractivity contribution >= 4 is 23.6 Å². The largest absolute Gasteiger partial charge is 0.456 e. The van der Waals surface area contributed by atoms with Crippen LogP contribution in [0.25, 0.3) is 0 Å². The van der Waals surface area contributed by atoms with Crippen molar-refractivity contribution in [2.45, 2.75) is 58.2 Å². The SMILES string of the molecule is CC[C@H](C)NC(=O)COC(=O)CCc1c(C)nc(SC)nc1C. The summed E-state index contributed by atoms with van der Waals surface area (Å²) in [4.78, 5) is 32.1. The number of aromatic nitrogens is 2. The summed E-state index contributed by atoms with van der Waals surface area (Å²) in [6.45, 7) is 7.47. The van der Waals surface area contributed by atoms with Crippen LogP contribution < -0.4 is 5.32 Å². The second-order valence-electron chi connectivity index (χ2n) is 5.40. The van der Waals surface area contributed by atoms with Crippen molar-refractivity contribution in [3.05, 3.63) is 17.0 Å². The smallest absolute Gasteiger partial charge is 0.306 e. The highest BCUT2D eigenvalue weighted by atomic mass is 32.2. The van der Waals surface area contributed by atoms with Gasteiger partial charge in [0.05, 0.1) is 0 Å². The number of nitrogens with zero attached hydrogens (tertiary/aromatic N) is 2. The van der Waals surface area contributed by atoms with Gasteiger partial charge in [-0.25, -0.2) is 9.97 Å². The zero-order valence-electron chi connectivity index (χ0n) is 14.4. The number of carbonyl (C=O) groups excluding carboxylic acids is 2. The third kappa shape index (κ3) is 6.56. The summed E-state index contributed by atoms with van der Waals surface area (Å²) in [6.07, 6.45) is 3.48. The first-order chi connectivity index (χ1) is 10.9. The van der Waals surface area contributed by atoms with Gasteiger partial charge in [-0.15, -0.1) is 0 Å². The Bertz CT molecular complexity index is 540. The summed E-state index contributed by atoms with van der Waals surface area (Å²) < 4.78 is 5.00. The van der Waals surface area contributed by atoms with Gasteiger partial charge < -0.3 is 10.1 Å². The highest BCUT2D eigenvalue weighted by Crippen LogP contribution is 2.17. The lowest BCUT2D eigenvalue weighted by molar-refractivity contribution is -0.148. The molecule has 0 fully saturated rings. The fourth-order valence-electron chi connectivity index (χ4n) is 2.03. The van der Waals surface area contributed by atoms with Gasteiger partial charge in [0.2, 0.25) is 0 Å². The van der Waals surface area contributed by atoms with E-state index in [-0.39, 0.29) is 25.0 Å². The summed E-state index contributed by atoms with van der Waals surface area (Å²) in [5, 5.41) is 3.48. The highest BCUT2D eigenvalue weighted by molar-refractivity contribution is 7.98. The van der Waals surface area contributed by atoms with Gasteiger partial charge in [0.1, 0.15) is 0 Å². The molecule has 1 heterocycles. The van der Waals surface area contributed by atoms with E-state index < -0.39 is 5.97 Å². The summed E-state index contributed by atoms with van der Waals surface area (Å²) in [7, 11) is 0. The van der Waals surface area contributed by atoms with Crippen molar-refractivity contribution in [3.8, 4) is 0 Å². The Kier molecular flexibility index (Phi) is 8.02. The molecule has 1 aromatic heterocycles. The fraction of sp³-hybridized carbons (Fsp3) is 0.625. The number of ether oxygens (including phenoxy) is 1. The number of hydrogen-bond acceptors (Lipinski definition) is 6. The molecule has 1 atom stereocenters. The molecule has 0 aromatic carbocycles. The molecule has 0 unspecified atom stereocenters. The van der Waals surface area contributed by atoms with Gasteiger partial charge in [-0.3, -0.25) is 9.59 Å². The summed E-state index contributed by atoms with van der Waals surface area (Å²) in [6, 6.07) is 0.0820.